The lowest BCUT2D eigenvalue weighted by Crippen LogP contribution is -2.31. The number of rotatable bonds is 1. The molecule has 5 aromatic rings. The maximum absolute atomic E-state index is 2.41. The van der Waals surface area contributed by atoms with Gasteiger partial charge in [-0.25, -0.2) is 4.57 Å². The highest BCUT2D eigenvalue weighted by Gasteiger charge is 2.30. The smallest absolute Gasteiger partial charge is 0.200 e. The van der Waals surface area contributed by atoms with E-state index in [1.54, 1.807) is 0 Å². The molecule has 0 saturated heterocycles. The van der Waals surface area contributed by atoms with Gasteiger partial charge >= 0.3 is 0 Å². The predicted molar refractivity (Wildman–Crippen MR) is 129 cm³/mol. The fourth-order valence-electron chi connectivity index (χ4n) is 5.19. The van der Waals surface area contributed by atoms with Gasteiger partial charge in [-0.05, 0) is 57.6 Å². The SMILES string of the molecule is Cc1c2c(cc3ccccc13)Sc1cc3cccc(C(C)C)c3c3cc[n+](C)c-2c13. The van der Waals surface area contributed by atoms with Crippen molar-refractivity contribution in [1.82, 2.24) is 0 Å². The Bertz CT molecular complexity index is 1510. The first kappa shape index (κ1) is 18.0. The van der Waals surface area contributed by atoms with E-state index in [-0.39, 0.29) is 0 Å². The van der Waals surface area contributed by atoms with Gasteiger partial charge in [-0.2, -0.15) is 0 Å². The van der Waals surface area contributed by atoms with E-state index < -0.39 is 0 Å². The van der Waals surface area contributed by atoms with E-state index in [4.69, 9.17) is 0 Å². The molecule has 1 aliphatic rings. The Kier molecular flexibility index (Phi) is 3.79. The molecule has 146 valence electrons. The molecule has 1 aliphatic heterocycles. The van der Waals surface area contributed by atoms with Gasteiger partial charge in [0, 0.05) is 21.2 Å². The molecule has 1 nitrogen and oxygen atoms in total. The standard InChI is InChI=1S/C28H24NS/c1-16(2)20-11-7-9-19-15-24-27-22(26(19)20)12-13-29(4)28(27)25-17(3)21-10-6-5-8-18(21)14-23(25)30-24/h5-16H,1-4H3/q+1. The number of nitrogens with zero attached hydrogens (tertiary/aromatic N) is 1. The van der Waals surface area contributed by atoms with Crippen molar-refractivity contribution in [1.29, 1.82) is 0 Å². The highest BCUT2D eigenvalue weighted by Crippen LogP contribution is 2.51. The van der Waals surface area contributed by atoms with Gasteiger partial charge in [-0.1, -0.05) is 68.1 Å². The van der Waals surface area contributed by atoms with Crippen LogP contribution in [0.1, 0.15) is 30.9 Å². The van der Waals surface area contributed by atoms with Gasteiger partial charge in [-0.15, -0.1) is 0 Å². The normalized spacial score (nSPS) is 12.8. The number of pyridine rings is 1. The van der Waals surface area contributed by atoms with Crippen LogP contribution < -0.4 is 4.57 Å². The fourth-order valence-corrected chi connectivity index (χ4v) is 6.46. The molecular formula is C28H24NS+. The van der Waals surface area contributed by atoms with Crippen LogP contribution in [-0.4, -0.2) is 0 Å². The third-order valence-corrected chi connectivity index (χ3v) is 7.69. The molecule has 0 radical (unpaired) electrons. The predicted octanol–water partition coefficient (Wildman–Crippen LogP) is 7.53. The van der Waals surface area contributed by atoms with Crippen molar-refractivity contribution in [3.8, 4) is 11.3 Å². The Morgan fingerprint density at radius 2 is 1.57 bits per heavy atom. The van der Waals surface area contributed by atoms with Crippen molar-refractivity contribution in [2.45, 2.75) is 36.5 Å². The number of fused-ring (bicyclic) bond motifs is 5. The molecule has 0 amide bonds. The monoisotopic (exact) mass is 406 g/mol. The summed E-state index contributed by atoms with van der Waals surface area (Å²) in [6.07, 6.45) is 2.24. The second-order valence-corrected chi connectivity index (χ2v) is 9.82. The lowest BCUT2D eigenvalue weighted by Gasteiger charge is -2.23. The van der Waals surface area contributed by atoms with E-state index in [1.807, 2.05) is 11.8 Å². The van der Waals surface area contributed by atoms with Crippen molar-refractivity contribution in [2.75, 3.05) is 0 Å². The Morgan fingerprint density at radius 3 is 2.40 bits per heavy atom. The van der Waals surface area contributed by atoms with Crippen LogP contribution >= 0.6 is 11.8 Å². The van der Waals surface area contributed by atoms with Crippen LogP contribution in [0.5, 0.6) is 0 Å². The first-order chi connectivity index (χ1) is 14.5. The maximum atomic E-state index is 2.41. The van der Waals surface area contributed by atoms with E-state index in [9.17, 15) is 0 Å². The number of benzene rings is 4. The number of aromatic nitrogens is 1. The Balaban J connectivity index is 1.83. The van der Waals surface area contributed by atoms with Crippen LogP contribution in [0.25, 0.3) is 43.6 Å². The van der Waals surface area contributed by atoms with Crippen LogP contribution in [0, 0.1) is 6.92 Å². The van der Waals surface area contributed by atoms with Crippen LogP contribution in [0.2, 0.25) is 0 Å². The molecule has 2 heteroatoms. The van der Waals surface area contributed by atoms with E-state index in [1.165, 1.54) is 64.5 Å². The zero-order valence-electron chi connectivity index (χ0n) is 17.8. The van der Waals surface area contributed by atoms with Crippen molar-refractivity contribution in [3.63, 3.8) is 0 Å². The number of hydrogen-bond donors (Lipinski definition) is 0. The van der Waals surface area contributed by atoms with Crippen LogP contribution in [0.3, 0.4) is 0 Å². The molecule has 0 spiro atoms. The van der Waals surface area contributed by atoms with Crippen LogP contribution in [-0.2, 0) is 7.05 Å². The van der Waals surface area contributed by atoms with E-state index in [0.717, 1.165) is 0 Å². The minimum atomic E-state index is 0.494. The summed E-state index contributed by atoms with van der Waals surface area (Å²) >= 11 is 1.93. The quantitative estimate of drug-likeness (QED) is 0.201. The Labute approximate surface area is 181 Å². The molecule has 1 aromatic heterocycles. The molecule has 0 unspecified atom stereocenters. The zero-order chi connectivity index (χ0) is 20.6. The van der Waals surface area contributed by atoms with Gasteiger partial charge in [0.15, 0.2) is 6.20 Å². The minimum absolute atomic E-state index is 0.494. The van der Waals surface area contributed by atoms with Crippen molar-refractivity contribution in [2.24, 2.45) is 7.05 Å². The summed E-state index contributed by atoms with van der Waals surface area (Å²) in [5.74, 6) is 0.494. The average Bonchev–Trinajstić information content (AvgIpc) is 2.74. The Morgan fingerprint density at radius 1 is 0.800 bits per heavy atom. The van der Waals surface area contributed by atoms with Gasteiger partial charge in [-0.3, -0.25) is 0 Å². The number of aryl methyl sites for hydroxylation is 2. The summed E-state index contributed by atoms with van der Waals surface area (Å²) in [7, 11) is 2.19. The molecular weight excluding hydrogens is 382 g/mol. The average molecular weight is 407 g/mol. The van der Waals surface area contributed by atoms with Crippen molar-refractivity contribution >= 4 is 44.1 Å². The summed E-state index contributed by atoms with van der Waals surface area (Å²) < 4.78 is 2.32. The van der Waals surface area contributed by atoms with Gasteiger partial charge in [0.2, 0.25) is 5.69 Å². The molecule has 6 rings (SSSR count). The van der Waals surface area contributed by atoms with Gasteiger partial charge in [0.05, 0.1) is 10.9 Å². The second-order valence-electron chi connectivity index (χ2n) is 8.74. The topological polar surface area (TPSA) is 3.88 Å². The lowest BCUT2D eigenvalue weighted by molar-refractivity contribution is -0.659. The summed E-state index contributed by atoms with van der Waals surface area (Å²) in [6.45, 7) is 6.88. The highest BCUT2D eigenvalue weighted by molar-refractivity contribution is 7.99. The molecule has 0 saturated carbocycles. The summed E-state index contributed by atoms with van der Waals surface area (Å²) in [5.41, 5.74) is 5.55. The number of hydrogen-bond acceptors (Lipinski definition) is 1. The van der Waals surface area contributed by atoms with Crippen LogP contribution in [0.4, 0.5) is 0 Å². The molecule has 2 heterocycles. The second kappa shape index (κ2) is 6.33. The molecule has 0 atom stereocenters. The largest absolute Gasteiger partial charge is 0.222 e. The summed E-state index contributed by atoms with van der Waals surface area (Å²) in [6, 6.07) is 22.6. The molecule has 30 heavy (non-hydrogen) atoms. The van der Waals surface area contributed by atoms with Crippen molar-refractivity contribution in [3.05, 3.63) is 78.0 Å². The molecule has 0 bridgehead atoms. The third-order valence-electron chi connectivity index (χ3n) is 6.61. The zero-order valence-corrected chi connectivity index (χ0v) is 18.6. The Hall–Kier alpha value is -2.84. The van der Waals surface area contributed by atoms with Crippen LogP contribution in [0.15, 0.2) is 76.7 Å². The molecule has 0 N–H and O–H groups in total. The first-order valence-electron chi connectivity index (χ1n) is 10.6. The maximum Gasteiger partial charge on any atom is 0.222 e. The summed E-state index contributed by atoms with van der Waals surface area (Å²) in [4.78, 5) is 2.73. The van der Waals surface area contributed by atoms with Gasteiger partial charge in [0.1, 0.15) is 7.05 Å². The molecule has 0 fully saturated rings. The van der Waals surface area contributed by atoms with E-state index in [0.29, 0.717) is 5.92 Å². The molecule has 0 aliphatic carbocycles. The summed E-state index contributed by atoms with van der Waals surface area (Å²) in [5, 5.41) is 8.21. The third kappa shape index (κ3) is 2.34. The fraction of sp³-hybridized carbons (Fsp3) is 0.179. The highest BCUT2D eigenvalue weighted by atomic mass is 32.2. The van der Waals surface area contributed by atoms with E-state index >= 15 is 0 Å². The lowest BCUT2D eigenvalue weighted by atomic mass is 9.89. The van der Waals surface area contributed by atoms with Gasteiger partial charge < -0.3 is 0 Å². The first-order valence-corrected chi connectivity index (χ1v) is 11.4. The van der Waals surface area contributed by atoms with Crippen molar-refractivity contribution < 1.29 is 4.57 Å². The molecule has 4 aromatic carbocycles. The minimum Gasteiger partial charge on any atom is -0.200 e. The van der Waals surface area contributed by atoms with E-state index in [2.05, 4.69) is 99.2 Å². The van der Waals surface area contributed by atoms with Gasteiger partial charge in [0.25, 0.3) is 0 Å².